The first-order valence-corrected chi connectivity index (χ1v) is 7.29. The molecule has 1 N–H and O–H groups in total. The molecule has 2 aromatic rings. The van der Waals surface area contributed by atoms with Crippen LogP contribution in [0.15, 0.2) is 21.2 Å². The van der Waals surface area contributed by atoms with Crippen LogP contribution in [0, 0.1) is 13.8 Å². The van der Waals surface area contributed by atoms with E-state index in [-0.39, 0.29) is 6.04 Å². The molecular weight excluding hydrogens is 306 g/mol. The molecule has 0 saturated heterocycles. The van der Waals surface area contributed by atoms with Gasteiger partial charge in [-0.15, -0.1) is 0 Å². The molecule has 4 nitrogen and oxygen atoms in total. The lowest BCUT2D eigenvalue weighted by Crippen LogP contribution is -2.24. The summed E-state index contributed by atoms with van der Waals surface area (Å²) in [6, 6.07) is 2.18. The smallest absolute Gasteiger partial charge is 0.123 e. The molecule has 0 bridgehead atoms. The van der Waals surface area contributed by atoms with Gasteiger partial charge < -0.3 is 9.73 Å². The number of furan rings is 1. The van der Waals surface area contributed by atoms with Crippen LogP contribution in [-0.4, -0.2) is 16.3 Å². The first-order chi connectivity index (χ1) is 9.04. The predicted octanol–water partition coefficient (Wildman–Crippen LogP) is 3.29. The number of hydrogen-bond acceptors (Lipinski definition) is 3. The molecule has 5 heteroatoms. The van der Waals surface area contributed by atoms with Crippen LogP contribution >= 0.6 is 15.9 Å². The van der Waals surface area contributed by atoms with Crippen molar-refractivity contribution >= 4 is 15.9 Å². The second-order valence-corrected chi connectivity index (χ2v) is 5.54. The third kappa shape index (κ3) is 2.92. The topological polar surface area (TPSA) is 43.0 Å². The van der Waals surface area contributed by atoms with Gasteiger partial charge in [0.25, 0.3) is 0 Å². The number of rotatable bonds is 5. The molecule has 0 spiro atoms. The molecular formula is C14H20BrN3O. The highest BCUT2D eigenvalue weighted by Crippen LogP contribution is 2.27. The van der Waals surface area contributed by atoms with Crippen LogP contribution in [0.25, 0.3) is 0 Å². The Morgan fingerprint density at radius 2 is 2.21 bits per heavy atom. The van der Waals surface area contributed by atoms with Crippen molar-refractivity contribution in [1.82, 2.24) is 15.1 Å². The zero-order valence-corrected chi connectivity index (χ0v) is 13.4. The third-order valence-corrected chi connectivity index (χ3v) is 4.36. The van der Waals surface area contributed by atoms with Crippen LogP contribution in [0.2, 0.25) is 0 Å². The fourth-order valence-corrected chi connectivity index (χ4v) is 2.84. The Bertz CT molecular complexity index is 559. The van der Waals surface area contributed by atoms with E-state index >= 15 is 0 Å². The van der Waals surface area contributed by atoms with Crippen molar-refractivity contribution in [2.24, 2.45) is 7.05 Å². The second-order valence-electron chi connectivity index (χ2n) is 4.75. The zero-order valence-electron chi connectivity index (χ0n) is 11.8. The van der Waals surface area contributed by atoms with Gasteiger partial charge in [0.1, 0.15) is 5.76 Å². The van der Waals surface area contributed by atoms with Crippen molar-refractivity contribution in [2.45, 2.75) is 33.2 Å². The average molecular weight is 326 g/mol. The predicted molar refractivity (Wildman–Crippen MR) is 79.2 cm³/mol. The highest BCUT2D eigenvalue weighted by molar-refractivity contribution is 9.10. The minimum absolute atomic E-state index is 0.172. The molecule has 2 rings (SSSR count). The maximum Gasteiger partial charge on any atom is 0.123 e. The second kappa shape index (κ2) is 5.92. The van der Waals surface area contributed by atoms with E-state index in [1.165, 1.54) is 11.3 Å². The average Bonchev–Trinajstić information content (AvgIpc) is 2.88. The van der Waals surface area contributed by atoms with E-state index in [1.807, 2.05) is 24.7 Å². The molecule has 0 saturated carbocycles. The molecule has 0 aliphatic carbocycles. The van der Waals surface area contributed by atoms with Gasteiger partial charge in [0.2, 0.25) is 0 Å². The van der Waals surface area contributed by atoms with E-state index in [9.17, 15) is 0 Å². The lowest BCUT2D eigenvalue weighted by atomic mass is 10.1. The summed E-state index contributed by atoms with van der Waals surface area (Å²) in [6.45, 7) is 7.09. The third-order valence-electron chi connectivity index (χ3n) is 3.33. The summed E-state index contributed by atoms with van der Waals surface area (Å²) in [5.41, 5.74) is 3.38. The molecule has 2 heterocycles. The highest BCUT2D eigenvalue weighted by Gasteiger charge is 2.21. The van der Waals surface area contributed by atoms with Crippen molar-refractivity contribution in [1.29, 1.82) is 0 Å². The first-order valence-electron chi connectivity index (χ1n) is 6.50. The molecule has 0 aromatic carbocycles. The number of halogens is 1. The quantitative estimate of drug-likeness (QED) is 0.917. The van der Waals surface area contributed by atoms with Gasteiger partial charge in [-0.05, 0) is 48.0 Å². The van der Waals surface area contributed by atoms with Crippen molar-refractivity contribution in [3.05, 3.63) is 39.5 Å². The van der Waals surface area contributed by atoms with Gasteiger partial charge in [0.05, 0.1) is 28.2 Å². The molecule has 1 atom stereocenters. The van der Waals surface area contributed by atoms with E-state index < -0.39 is 0 Å². The standard InChI is InChI=1S/C14H20BrN3O/c1-5-16-11(14-9(2)6-7-19-14)8-12-13(15)10(3)17-18(12)4/h6-7,11,16H,5,8H2,1-4H3. The Kier molecular flexibility index (Phi) is 4.47. The molecule has 0 aliphatic rings. The molecule has 0 amide bonds. The fourth-order valence-electron chi connectivity index (χ4n) is 2.34. The van der Waals surface area contributed by atoms with Gasteiger partial charge in [-0.1, -0.05) is 6.92 Å². The molecule has 19 heavy (non-hydrogen) atoms. The summed E-state index contributed by atoms with van der Waals surface area (Å²) in [5, 5.41) is 7.92. The SMILES string of the molecule is CCNC(Cc1c(Br)c(C)nn1C)c1occc1C. The Balaban J connectivity index is 2.29. The normalized spacial score (nSPS) is 12.9. The van der Waals surface area contributed by atoms with Gasteiger partial charge in [-0.2, -0.15) is 5.10 Å². The number of aromatic nitrogens is 2. The van der Waals surface area contributed by atoms with Gasteiger partial charge in [0.15, 0.2) is 0 Å². The summed E-state index contributed by atoms with van der Waals surface area (Å²) >= 11 is 3.62. The minimum atomic E-state index is 0.172. The Morgan fingerprint density at radius 1 is 1.47 bits per heavy atom. The van der Waals surface area contributed by atoms with Crippen molar-refractivity contribution in [3.8, 4) is 0 Å². The maximum absolute atomic E-state index is 5.63. The summed E-state index contributed by atoms with van der Waals surface area (Å²) in [4.78, 5) is 0. The van der Waals surface area contributed by atoms with E-state index in [0.717, 1.165) is 28.9 Å². The number of nitrogens with one attached hydrogen (secondary N) is 1. The van der Waals surface area contributed by atoms with Crippen molar-refractivity contribution in [2.75, 3.05) is 6.54 Å². The van der Waals surface area contributed by atoms with Crippen LogP contribution in [-0.2, 0) is 13.5 Å². The lowest BCUT2D eigenvalue weighted by Gasteiger charge is -2.17. The summed E-state index contributed by atoms with van der Waals surface area (Å²) in [6.07, 6.45) is 2.60. The van der Waals surface area contributed by atoms with E-state index in [0.29, 0.717) is 0 Å². The monoisotopic (exact) mass is 325 g/mol. The van der Waals surface area contributed by atoms with Gasteiger partial charge in [-0.3, -0.25) is 4.68 Å². The lowest BCUT2D eigenvalue weighted by molar-refractivity contribution is 0.407. The summed E-state index contributed by atoms with van der Waals surface area (Å²) < 4.78 is 8.65. The number of likely N-dealkylation sites (N-methyl/N-ethyl adjacent to an activating group) is 1. The van der Waals surface area contributed by atoms with E-state index in [4.69, 9.17) is 4.42 Å². The molecule has 0 radical (unpaired) electrons. The van der Waals surface area contributed by atoms with Crippen LogP contribution in [0.5, 0.6) is 0 Å². The highest BCUT2D eigenvalue weighted by atomic mass is 79.9. The van der Waals surface area contributed by atoms with Crippen LogP contribution in [0.3, 0.4) is 0 Å². The van der Waals surface area contributed by atoms with Crippen LogP contribution in [0.1, 0.15) is 35.7 Å². The number of nitrogens with zero attached hydrogens (tertiary/aromatic N) is 2. The van der Waals surface area contributed by atoms with Crippen molar-refractivity contribution < 1.29 is 4.42 Å². The maximum atomic E-state index is 5.63. The van der Waals surface area contributed by atoms with Crippen LogP contribution in [0.4, 0.5) is 0 Å². The summed E-state index contributed by atoms with van der Waals surface area (Å²) in [5.74, 6) is 1.01. The van der Waals surface area contributed by atoms with Gasteiger partial charge >= 0.3 is 0 Å². The number of aryl methyl sites for hydroxylation is 3. The molecule has 0 fully saturated rings. The van der Waals surface area contributed by atoms with Gasteiger partial charge in [0, 0.05) is 13.5 Å². The van der Waals surface area contributed by atoms with Crippen LogP contribution < -0.4 is 5.32 Å². The molecule has 104 valence electrons. The van der Waals surface area contributed by atoms with Crippen molar-refractivity contribution in [3.63, 3.8) is 0 Å². The van der Waals surface area contributed by atoms with E-state index in [2.05, 4.69) is 40.2 Å². The Labute approximate surface area is 122 Å². The molecule has 1 unspecified atom stereocenters. The summed E-state index contributed by atoms with van der Waals surface area (Å²) in [7, 11) is 1.98. The van der Waals surface area contributed by atoms with E-state index in [1.54, 1.807) is 6.26 Å². The minimum Gasteiger partial charge on any atom is -0.467 e. The van der Waals surface area contributed by atoms with Gasteiger partial charge in [-0.25, -0.2) is 0 Å². The first kappa shape index (κ1) is 14.3. The molecule has 0 aliphatic heterocycles. The molecule has 2 aromatic heterocycles. The Morgan fingerprint density at radius 3 is 2.68 bits per heavy atom. The largest absolute Gasteiger partial charge is 0.467 e. The Hall–Kier alpha value is -1.07. The number of hydrogen-bond donors (Lipinski definition) is 1. The fraction of sp³-hybridized carbons (Fsp3) is 0.500. The zero-order chi connectivity index (χ0) is 14.0.